The molecule has 0 aliphatic heterocycles. The van der Waals surface area contributed by atoms with Crippen LogP contribution in [0, 0.1) is 5.92 Å². The third-order valence-corrected chi connectivity index (χ3v) is 8.70. The molecule has 0 unspecified atom stereocenters. The first-order valence-corrected chi connectivity index (χ1v) is 14.1. The van der Waals surface area contributed by atoms with E-state index < -0.39 is 28.3 Å². The third kappa shape index (κ3) is 7.13. The van der Waals surface area contributed by atoms with Crippen LogP contribution in [0.5, 0.6) is 0 Å². The van der Waals surface area contributed by atoms with Crippen molar-refractivity contribution in [1.29, 1.82) is 0 Å². The molecule has 2 aromatic rings. The quantitative estimate of drug-likeness (QED) is 0.454. The van der Waals surface area contributed by atoms with Crippen LogP contribution < -0.4 is 5.32 Å². The van der Waals surface area contributed by atoms with Crippen molar-refractivity contribution in [2.75, 3.05) is 12.8 Å². The predicted molar refractivity (Wildman–Crippen MR) is 131 cm³/mol. The highest BCUT2D eigenvalue weighted by molar-refractivity contribution is 7.91. The van der Waals surface area contributed by atoms with Crippen LogP contribution in [-0.2, 0) is 22.8 Å². The Balaban J connectivity index is 1.72. The van der Waals surface area contributed by atoms with E-state index in [1.807, 2.05) is 6.92 Å². The summed E-state index contributed by atoms with van der Waals surface area (Å²) < 4.78 is 62.6. The van der Waals surface area contributed by atoms with Gasteiger partial charge in [-0.3, -0.25) is 9.48 Å². The van der Waals surface area contributed by atoms with E-state index in [4.69, 9.17) is 23.2 Å². The van der Waals surface area contributed by atoms with Crippen molar-refractivity contribution < 1.29 is 26.4 Å². The summed E-state index contributed by atoms with van der Waals surface area (Å²) in [5.41, 5.74) is 1.36. The Morgan fingerprint density at radius 3 is 2.40 bits per heavy atom. The number of rotatable bonds is 8. The first-order valence-electron chi connectivity index (χ1n) is 11.4. The highest BCUT2D eigenvalue weighted by Gasteiger charge is 2.30. The first-order chi connectivity index (χ1) is 16.3. The molecular weight excluding hydrogens is 526 g/mol. The zero-order valence-electron chi connectivity index (χ0n) is 19.5. The lowest BCUT2D eigenvalue weighted by Crippen LogP contribution is -2.34. The first kappa shape index (κ1) is 27.8. The lowest BCUT2D eigenvalue weighted by atomic mass is 9.89. The predicted octanol–water partition coefficient (Wildman–Crippen LogP) is 5.70. The number of amides is 1. The maximum Gasteiger partial charge on any atom is 0.389 e. The van der Waals surface area contributed by atoms with Crippen molar-refractivity contribution in [3.05, 3.63) is 39.5 Å². The SMILES string of the molecule is CCn1nc(C(=O)NC[C@H]2CC[C@H](S(C)(=O)=O)CC2)c(Cl)c1-c1ccc(CCC(F)(F)F)cc1Cl. The number of carbonyl (C=O) groups is 1. The summed E-state index contributed by atoms with van der Waals surface area (Å²) in [4.78, 5) is 12.9. The number of sulfone groups is 1. The minimum atomic E-state index is -4.26. The normalized spacial score (nSPS) is 19.1. The Morgan fingerprint density at radius 1 is 1.20 bits per heavy atom. The Morgan fingerprint density at radius 2 is 1.86 bits per heavy atom. The number of nitrogens with zero attached hydrogens (tertiary/aromatic N) is 2. The third-order valence-electron chi connectivity index (χ3n) is 6.35. The van der Waals surface area contributed by atoms with Gasteiger partial charge in [-0.05, 0) is 56.6 Å². The second-order valence-corrected chi connectivity index (χ2v) is 12.0. The number of hydrogen-bond acceptors (Lipinski definition) is 4. The smallest absolute Gasteiger partial charge is 0.350 e. The van der Waals surface area contributed by atoms with E-state index in [2.05, 4.69) is 10.4 Å². The summed E-state index contributed by atoms with van der Waals surface area (Å²) in [7, 11) is -3.06. The molecule has 1 aliphatic rings. The summed E-state index contributed by atoms with van der Waals surface area (Å²) in [6.07, 6.45) is -1.58. The molecule has 6 nitrogen and oxygen atoms in total. The second-order valence-electron chi connectivity index (χ2n) is 8.94. The van der Waals surface area contributed by atoms with Gasteiger partial charge in [0.2, 0.25) is 0 Å². The molecule has 0 saturated heterocycles. The molecule has 194 valence electrons. The van der Waals surface area contributed by atoms with Gasteiger partial charge in [0.1, 0.15) is 9.84 Å². The number of carbonyl (C=O) groups excluding carboxylic acids is 1. The van der Waals surface area contributed by atoms with Gasteiger partial charge < -0.3 is 5.32 Å². The van der Waals surface area contributed by atoms with E-state index in [1.165, 1.54) is 17.0 Å². The van der Waals surface area contributed by atoms with E-state index in [-0.39, 0.29) is 33.3 Å². The van der Waals surface area contributed by atoms with Gasteiger partial charge in [0.25, 0.3) is 5.91 Å². The van der Waals surface area contributed by atoms with Gasteiger partial charge in [0.05, 0.1) is 21.0 Å². The number of alkyl halides is 3. The van der Waals surface area contributed by atoms with Crippen LogP contribution in [0.4, 0.5) is 13.2 Å². The molecule has 1 aromatic carbocycles. The molecule has 0 spiro atoms. The second kappa shape index (κ2) is 11.1. The van der Waals surface area contributed by atoms with Crippen LogP contribution in [0.15, 0.2) is 18.2 Å². The van der Waals surface area contributed by atoms with Crippen molar-refractivity contribution in [2.24, 2.45) is 5.92 Å². The van der Waals surface area contributed by atoms with Gasteiger partial charge in [-0.25, -0.2) is 8.42 Å². The van der Waals surface area contributed by atoms with Gasteiger partial charge in [0.15, 0.2) is 5.69 Å². The number of aryl methyl sites for hydroxylation is 2. The minimum absolute atomic E-state index is 0.0329. The van der Waals surface area contributed by atoms with E-state index in [0.29, 0.717) is 55.6 Å². The van der Waals surface area contributed by atoms with Gasteiger partial charge in [-0.15, -0.1) is 0 Å². The topological polar surface area (TPSA) is 81.1 Å². The highest BCUT2D eigenvalue weighted by Crippen LogP contribution is 2.36. The Bertz CT molecular complexity index is 1170. The van der Waals surface area contributed by atoms with E-state index in [1.54, 1.807) is 12.1 Å². The van der Waals surface area contributed by atoms with Crippen molar-refractivity contribution in [2.45, 2.75) is 63.4 Å². The van der Waals surface area contributed by atoms with Crippen LogP contribution in [0.2, 0.25) is 10.0 Å². The molecule has 35 heavy (non-hydrogen) atoms. The van der Waals surface area contributed by atoms with Crippen LogP contribution in [0.1, 0.15) is 55.1 Å². The Labute approximate surface area is 213 Å². The summed E-state index contributed by atoms with van der Waals surface area (Å²) in [6, 6.07) is 4.62. The van der Waals surface area contributed by atoms with Crippen molar-refractivity contribution in [3.8, 4) is 11.3 Å². The lowest BCUT2D eigenvalue weighted by molar-refractivity contribution is -0.134. The summed E-state index contributed by atoms with van der Waals surface area (Å²) >= 11 is 12.9. The fourth-order valence-corrected chi connectivity index (χ4v) is 6.09. The highest BCUT2D eigenvalue weighted by atomic mass is 35.5. The summed E-state index contributed by atoms with van der Waals surface area (Å²) in [6.45, 7) is 2.60. The Kier molecular flexibility index (Phi) is 8.81. The average Bonchev–Trinajstić information content (AvgIpc) is 3.11. The molecule has 12 heteroatoms. The number of hydrogen-bond donors (Lipinski definition) is 1. The standard InChI is InChI=1S/C23H28Cl2F3N3O3S/c1-3-31-21(17-9-6-14(12-18(17)24)10-11-23(26,27)28)19(25)20(30-31)22(32)29-13-15-4-7-16(8-5-15)35(2,33)34/h6,9,12,15-16H,3-5,7-8,10-11,13H2,1-2H3,(H,29,32)/t15-,16-. The van der Waals surface area contributed by atoms with Crippen LogP contribution in [0.25, 0.3) is 11.3 Å². The number of halogens is 5. The molecule has 1 heterocycles. The molecular formula is C23H28Cl2F3N3O3S. The van der Waals surface area contributed by atoms with Crippen molar-refractivity contribution >= 4 is 38.9 Å². The monoisotopic (exact) mass is 553 g/mol. The fraction of sp³-hybridized carbons (Fsp3) is 0.565. The molecule has 1 N–H and O–H groups in total. The maximum atomic E-state index is 12.9. The van der Waals surface area contributed by atoms with Crippen LogP contribution >= 0.6 is 23.2 Å². The molecule has 0 bridgehead atoms. The van der Waals surface area contributed by atoms with Crippen molar-refractivity contribution in [1.82, 2.24) is 15.1 Å². The molecule has 3 rings (SSSR count). The van der Waals surface area contributed by atoms with Crippen LogP contribution in [0.3, 0.4) is 0 Å². The largest absolute Gasteiger partial charge is 0.389 e. The molecule has 0 radical (unpaired) electrons. The molecule has 1 saturated carbocycles. The van der Waals surface area contributed by atoms with Gasteiger partial charge in [0, 0.05) is 31.3 Å². The van der Waals surface area contributed by atoms with Crippen LogP contribution in [-0.4, -0.2) is 48.3 Å². The summed E-state index contributed by atoms with van der Waals surface area (Å²) in [5.74, 6) is -0.284. The maximum absolute atomic E-state index is 12.9. The van der Waals surface area contributed by atoms with Gasteiger partial charge in [-0.2, -0.15) is 18.3 Å². The zero-order valence-corrected chi connectivity index (χ0v) is 21.8. The fourth-order valence-electron chi connectivity index (χ4n) is 4.35. The molecule has 1 amide bonds. The number of nitrogens with one attached hydrogen (secondary N) is 1. The zero-order chi connectivity index (χ0) is 26.0. The molecule has 0 atom stereocenters. The Hall–Kier alpha value is -1.78. The minimum Gasteiger partial charge on any atom is -0.350 e. The molecule has 1 aromatic heterocycles. The van der Waals surface area contributed by atoms with E-state index in [9.17, 15) is 26.4 Å². The average molecular weight is 554 g/mol. The lowest BCUT2D eigenvalue weighted by Gasteiger charge is -2.27. The van der Waals surface area contributed by atoms with E-state index >= 15 is 0 Å². The number of aromatic nitrogens is 2. The molecule has 1 aliphatic carbocycles. The number of benzene rings is 1. The van der Waals surface area contributed by atoms with Gasteiger partial charge >= 0.3 is 6.18 Å². The molecule has 1 fully saturated rings. The van der Waals surface area contributed by atoms with Crippen molar-refractivity contribution in [3.63, 3.8) is 0 Å². The summed E-state index contributed by atoms with van der Waals surface area (Å²) in [5, 5.41) is 7.18. The van der Waals surface area contributed by atoms with E-state index in [0.717, 1.165) is 0 Å². The van der Waals surface area contributed by atoms with Gasteiger partial charge in [-0.1, -0.05) is 35.3 Å².